The number of hydrogen-bond acceptors (Lipinski definition) is 7. The zero-order valence-corrected chi connectivity index (χ0v) is 13.4. The summed E-state index contributed by atoms with van der Waals surface area (Å²) in [7, 11) is -5.17. The van der Waals surface area contributed by atoms with E-state index < -0.39 is 16.4 Å². The summed E-state index contributed by atoms with van der Waals surface area (Å²) >= 11 is 0. The Morgan fingerprint density at radius 3 is 2.13 bits per heavy atom. The minimum Gasteiger partial charge on any atom is -0.759 e. The summed E-state index contributed by atoms with van der Waals surface area (Å²) in [5.41, 5.74) is 1.12. The molecule has 23 heavy (non-hydrogen) atoms. The molecular formula is C14H16N2O6S-3. The largest absolute Gasteiger partial charge is 0.759 e. The van der Waals surface area contributed by atoms with Crippen LogP contribution in [0.5, 0.6) is 0 Å². The normalized spacial score (nSPS) is 11.3. The first-order valence-corrected chi connectivity index (χ1v) is 7.69. The molecule has 0 aliphatic rings. The van der Waals surface area contributed by atoms with Gasteiger partial charge in [-0.2, -0.15) is 0 Å². The van der Waals surface area contributed by atoms with Gasteiger partial charge >= 0.3 is 0 Å². The van der Waals surface area contributed by atoms with Gasteiger partial charge in [-0.1, -0.05) is 44.2 Å². The number of hydrogen-bond donors (Lipinski definition) is 0. The van der Waals surface area contributed by atoms with E-state index in [1.807, 2.05) is 37.3 Å². The molecular weight excluding hydrogens is 324 g/mol. The van der Waals surface area contributed by atoms with E-state index in [-0.39, 0.29) is 11.7 Å². The molecule has 0 saturated heterocycles. The molecule has 1 aromatic carbocycles. The lowest BCUT2D eigenvalue weighted by Gasteiger charge is -2.17. The molecule has 2 rings (SSSR count). The maximum atomic E-state index is 10.8. The monoisotopic (exact) mass is 340 g/mol. The van der Waals surface area contributed by atoms with Crippen LogP contribution in [-0.4, -0.2) is 33.0 Å². The van der Waals surface area contributed by atoms with Crippen LogP contribution in [0.2, 0.25) is 0 Å². The predicted octanol–water partition coefficient (Wildman–Crippen LogP) is 0.358. The third-order valence-electron chi connectivity index (χ3n) is 2.57. The Balaban J connectivity index is 0.000000594. The average molecular weight is 340 g/mol. The highest BCUT2D eigenvalue weighted by Gasteiger charge is 2.11. The minimum atomic E-state index is -5.17. The smallest absolute Gasteiger partial charge is 0.0956 e. The van der Waals surface area contributed by atoms with Crippen LogP contribution in [0.4, 0.5) is 0 Å². The van der Waals surface area contributed by atoms with Crippen LogP contribution in [0.25, 0.3) is 0 Å². The summed E-state index contributed by atoms with van der Waals surface area (Å²) in [6, 6.07) is 9.58. The van der Waals surface area contributed by atoms with Crippen molar-refractivity contribution in [2.75, 3.05) is 0 Å². The van der Waals surface area contributed by atoms with Crippen molar-refractivity contribution in [2.24, 2.45) is 0 Å². The Hall–Kier alpha value is -2.23. The van der Waals surface area contributed by atoms with Crippen molar-refractivity contribution in [3.8, 4) is 0 Å². The van der Waals surface area contributed by atoms with Gasteiger partial charge in [-0.25, -0.2) is 4.98 Å². The number of aromatic nitrogens is 2. The lowest BCUT2D eigenvalue weighted by atomic mass is 10.1. The maximum Gasteiger partial charge on any atom is 0.0956 e. The van der Waals surface area contributed by atoms with Crippen LogP contribution >= 0.6 is 0 Å². The third-order valence-corrected chi connectivity index (χ3v) is 2.57. The average Bonchev–Trinajstić information content (AvgIpc) is 2.97. The fraction of sp³-hybridized carbons (Fsp3) is 0.214. The van der Waals surface area contributed by atoms with Crippen molar-refractivity contribution in [1.82, 2.24) is 9.55 Å². The molecule has 0 aliphatic carbocycles. The van der Waals surface area contributed by atoms with Crippen molar-refractivity contribution >= 4 is 16.4 Å². The van der Waals surface area contributed by atoms with Gasteiger partial charge < -0.3 is 23.6 Å². The van der Waals surface area contributed by atoms with Gasteiger partial charge in [-0.15, -0.1) is 0 Å². The van der Waals surface area contributed by atoms with E-state index in [0.717, 1.165) is 5.56 Å². The summed E-state index contributed by atoms with van der Waals surface area (Å²) < 4.78 is 35.7. The molecule has 0 bridgehead atoms. The number of imidazole rings is 1. The Morgan fingerprint density at radius 1 is 1.22 bits per heavy atom. The van der Waals surface area contributed by atoms with Gasteiger partial charge in [0.25, 0.3) is 0 Å². The molecule has 0 aliphatic heterocycles. The summed E-state index contributed by atoms with van der Waals surface area (Å²) in [5, 5.41) is 10.8. The highest BCUT2D eigenvalue weighted by Crippen LogP contribution is 2.18. The second kappa shape index (κ2) is 9.72. The first-order chi connectivity index (χ1) is 10.7. The summed E-state index contributed by atoms with van der Waals surface area (Å²) in [6.45, 7) is 6.92. The van der Waals surface area contributed by atoms with Crippen LogP contribution < -0.4 is 5.11 Å². The summed E-state index contributed by atoms with van der Waals surface area (Å²) in [4.78, 5) is 14.7. The lowest BCUT2D eigenvalue weighted by molar-refractivity contribution is -0.255. The molecule has 1 heterocycles. The van der Waals surface area contributed by atoms with Gasteiger partial charge in [0.1, 0.15) is 0 Å². The van der Waals surface area contributed by atoms with Crippen LogP contribution in [0.3, 0.4) is 0 Å². The van der Waals surface area contributed by atoms with E-state index >= 15 is 0 Å². The molecule has 2 aromatic rings. The Morgan fingerprint density at radius 2 is 1.70 bits per heavy atom. The fourth-order valence-electron chi connectivity index (χ4n) is 1.66. The predicted molar refractivity (Wildman–Crippen MR) is 78.3 cm³/mol. The van der Waals surface area contributed by atoms with Crippen LogP contribution in [0, 0.1) is 6.92 Å². The van der Waals surface area contributed by atoms with Gasteiger partial charge in [-0.3, -0.25) is 8.42 Å². The van der Waals surface area contributed by atoms with E-state index in [1.165, 1.54) is 12.5 Å². The highest BCUT2D eigenvalue weighted by atomic mass is 32.3. The zero-order valence-electron chi connectivity index (χ0n) is 12.6. The van der Waals surface area contributed by atoms with Gasteiger partial charge in [0.05, 0.1) is 30.2 Å². The van der Waals surface area contributed by atoms with Gasteiger partial charge in [0.15, 0.2) is 0 Å². The SMILES string of the molecule is CC(c1ccccc1)n1cncc1C(=O)[O-].O=S(=O)([O-])[O-].[CH2]C. The Kier molecular flexibility index (Phi) is 8.78. The van der Waals surface area contributed by atoms with E-state index in [0.29, 0.717) is 0 Å². The summed E-state index contributed by atoms with van der Waals surface area (Å²) in [5.74, 6) is -1.21. The number of carboxylic acids is 1. The molecule has 0 fully saturated rings. The van der Waals surface area contributed by atoms with E-state index in [4.69, 9.17) is 17.5 Å². The zero-order chi connectivity index (χ0) is 18.0. The third kappa shape index (κ3) is 8.10. The minimum absolute atomic E-state index is 0.0726. The first kappa shape index (κ1) is 20.8. The van der Waals surface area contributed by atoms with Crippen molar-refractivity contribution in [3.63, 3.8) is 0 Å². The van der Waals surface area contributed by atoms with Crippen molar-refractivity contribution < 1.29 is 27.4 Å². The molecule has 1 atom stereocenters. The van der Waals surface area contributed by atoms with Crippen LogP contribution in [0.15, 0.2) is 42.9 Å². The number of benzene rings is 1. The number of carbonyl (C=O) groups excluding carboxylic acids is 1. The molecule has 0 N–H and O–H groups in total. The van der Waals surface area contributed by atoms with E-state index in [2.05, 4.69) is 11.9 Å². The number of nitrogens with zero attached hydrogens (tertiary/aromatic N) is 2. The van der Waals surface area contributed by atoms with Crippen LogP contribution in [-0.2, 0) is 10.4 Å². The van der Waals surface area contributed by atoms with Crippen molar-refractivity contribution in [2.45, 2.75) is 19.9 Å². The molecule has 127 valence electrons. The second-order valence-electron chi connectivity index (χ2n) is 3.97. The molecule has 8 nitrogen and oxygen atoms in total. The molecule has 1 unspecified atom stereocenters. The fourth-order valence-corrected chi connectivity index (χ4v) is 1.66. The van der Waals surface area contributed by atoms with Gasteiger partial charge in [-0.05, 0) is 12.5 Å². The molecule has 1 radical (unpaired) electrons. The molecule has 1 aromatic heterocycles. The topological polar surface area (TPSA) is 138 Å². The number of carbonyl (C=O) groups is 1. The van der Waals surface area contributed by atoms with Crippen LogP contribution in [0.1, 0.15) is 35.9 Å². The van der Waals surface area contributed by atoms with Gasteiger partial charge in [0.2, 0.25) is 0 Å². The molecule has 9 heteroatoms. The van der Waals surface area contributed by atoms with E-state index in [9.17, 15) is 9.90 Å². The maximum absolute atomic E-state index is 10.8. The molecule has 0 saturated carbocycles. The summed E-state index contributed by atoms with van der Waals surface area (Å²) in [6.07, 6.45) is 2.80. The molecule has 0 spiro atoms. The second-order valence-corrected chi connectivity index (χ2v) is 4.79. The standard InChI is InChI=1S/C12H12N2O2.C2H5.H2O4S/c1-9(10-5-3-2-4-6-10)14-8-13-7-11(14)12(15)16;1-2;1-5(2,3)4/h2-9H,1H3,(H,15,16);1H2,2H3;(H2,1,2,3,4)/p-3. The first-order valence-electron chi connectivity index (χ1n) is 6.35. The van der Waals surface area contributed by atoms with Crippen molar-refractivity contribution in [1.29, 1.82) is 0 Å². The highest BCUT2D eigenvalue weighted by molar-refractivity contribution is 7.79. The Bertz CT molecular complexity index is 689. The van der Waals surface area contributed by atoms with Gasteiger partial charge in [0, 0.05) is 10.4 Å². The number of carboxylic acid groups (broad SMARTS) is 1. The number of rotatable bonds is 3. The van der Waals surface area contributed by atoms with Crippen molar-refractivity contribution in [3.05, 3.63) is 61.0 Å². The lowest BCUT2D eigenvalue weighted by Crippen LogP contribution is -2.26. The quantitative estimate of drug-likeness (QED) is 0.580. The van der Waals surface area contributed by atoms with E-state index in [1.54, 1.807) is 11.5 Å². The Labute approximate surface area is 135 Å². The number of aromatic carboxylic acids is 1. The molecule has 0 amide bonds.